The van der Waals surface area contributed by atoms with Crippen molar-refractivity contribution in [3.8, 4) is 0 Å². The Morgan fingerprint density at radius 2 is 2.00 bits per heavy atom. The van der Waals surface area contributed by atoms with Crippen molar-refractivity contribution in [2.24, 2.45) is 5.92 Å². The Morgan fingerprint density at radius 3 is 2.79 bits per heavy atom. The van der Waals surface area contributed by atoms with E-state index in [0.717, 1.165) is 23.8 Å². The van der Waals surface area contributed by atoms with Gasteiger partial charge in [-0.25, -0.2) is 0 Å². The molecule has 2 aromatic rings. The molecule has 0 spiro atoms. The first-order chi connectivity index (χ1) is 9.33. The van der Waals surface area contributed by atoms with Crippen LogP contribution in [0.3, 0.4) is 0 Å². The molecule has 102 valence electrons. The molecule has 2 heteroatoms. The van der Waals surface area contributed by atoms with Crippen LogP contribution in [0.25, 0.3) is 11.0 Å². The zero-order valence-electron chi connectivity index (χ0n) is 11.7. The molecular weight excluding hydrogens is 234 g/mol. The fraction of sp³-hybridized carbons (Fsp3) is 0.529. The molecule has 1 aromatic carbocycles. The van der Waals surface area contributed by atoms with Gasteiger partial charge in [-0.3, -0.25) is 0 Å². The zero-order valence-corrected chi connectivity index (χ0v) is 11.7. The monoisotopic (exact) mass is 257 g/mol. The average molecular weight is 257 g/mol. The van der Waals surface area contributed by atoms with Gasteiger partial charge in [0.05, 0.1) is 6.54 Å². The summed E-state index contributed by atoms with van der Waals surface area (Å²) in [6.45, 7) is 3.16. The number of hydrogen-bond acceptors (Lipinski definition) is 2. The van der Waals surface area contributed by atoms with Crippen LogP contribution < -0.4 is 5.32 Å². The first-order valence-corrected chi connectivity index (χ1v) is 7.54. The van der Waals surface area contributed by atoms with Crippen LogP contribution >= 0.6 is 0 Å². The summed E-state index contributed by atoms with van der Waals surface area (Å²) < 4.78 is 5.84. The van der Waals surface area contributed by atoms with Gasteiger partial charge in [-0.05, 0) is 37.8 Å². The normalized spacial score (nSPS) is 18.8. The fourth-order valence-corrected chi connectivity index (χ4v) is 3.19. The topological polar surface area (TPSA) is 25.2 Å². The molecule has 1 saturated carbocycles. The van der Waals surface area contributed by atoms with Gasteiger partial charge in [-0.2, -0.15) is 0 Å². The van der Waals surface area contributed by atoms with E-state index < -0.39 is 0 Å². The van der Waals surface area contributed by atoms with E-state index in [1.807, 2.05) is 12.1 Å². The van der Waals surface area contributed by atoms with Crippen molar-refractivity contribution in [2.75, 3.05) is 0 Å². The van der Waals surface area contributed by atoms with Gasteiger partial charge in [-0.15, -0.1) is 0 Å². The van der Waals surface area contributed by atoms with Crippen LogP contribution in [0.15, 0.2) is 34.7 Å². The third-order valence-corrected chi connectivity index (χ3v) is 4.43. The third kappa shape index (κ3) is 3.01. The fourth-order valence-electron chi connectivity index (χ4n) is 3.19. The number of benzene rings is 1. The van der Waals surface area contributed by atoms with Crippen LogP contribution in [-0.2, 0) is 6.54 Å². The van der Waals surface area contributed by atoms with Crippen LogP contribution in [0.1, 0.15) is 44.8 Å². The number of furan rings is 1. The molecule has 0 amide bonds. The molecule has 2 nitrogen and oxygen atoms in total. The van der Waals surface area contributed by atoms with Crippen LogP contribution in [0.4, 0.5) is 0 Å². The smallest absolute Gasteiger partial charge is 0.134 e. The Morgan fingerprint density at radius 1 is 1.21 bits per heavy atom. The number of para-hydroxylation sites is 1. The van der Waals surface area contributed by atoms with Crippen molar-refractivity contribution in [1.82, 2.24) is 5.32 Å². The maximum absolute atomic E-state index is 5.84. The minimum atomic E-state index is 0.591. The van der Waals surface area contributed by atoms with Crippen molar-refractivity contribution in [3.63, 3.8) is 0 Å². The Bertz CT molecular complexity index is 492. The SMILES string of the molecule is CC(NCc1cc2ccccc2o1)C1CCCCC1. The van der Waals surface area contributed by atoms with Crippen LogP contribution in [0.5, 0.6) is 0 Å². The van der Waals surface area contributed by atoms with Gasteiger partial charge in [-0.1, -0.05) is 37.5 Å². The minimum absolute atomic E-state index is 0.591. The predicted octanol–water partition coefficient (Wildman–Crippen LogP) is 4.49. The molecule has 0 radical (unpaired) electrons. The lowest BCUT2D eigenvalue weighted by Gasteiger charge is -2.28. The second-order valence-electron chi connectivity index (χ2n) is 5.82. The maximum Gasteiger partial charge on any atom is 0.134 e. The molecule has 1 atom stereocenters. The Balaban J connectivity index is 1.58. The predicted molar refractivity (Wildman–Crippen MR) is 79.1 cm³/mol. The summed E-state index contributed by atoms with van der Waals surface area (Å²) in [6, 6.07) is 11.0. The summed E-state index contributed by atoms with van der Waals surface area (Å²) in [4.78, 5) is 0. The standard InChI is InChI=1S/C17H23NO/c1-13(14-7-3-2-4-8-14)18-12-16-11-15-9-5-6-10-17(15)19-16/h5-6,9-11,13-14,18H,2-4,7-8,12H2,1H3. The Kier molecular flexibility index (Phi) is 3.88. The van der Waals surface area contributed by atoms with Crippen LogP contribution in [-0.4, -0.2) is 6.04 Å². The van der Waals surface area contributed by atoms with Crippen molar-refractivity contribution in [2.45, 2.75) is 51.6 Å². The van der Waals surface area contributed by atoms with Crippen LogP contribution in [0, 0.1) is 5.92 Å². The lowest BCUT2D eigenvalue weighted by atomic mass is 9.84. The minimum Gasteiger partial charge on any atom is -0.460 e. The number of rotatable bonds is 4. The summed E-state index contributed by atoms with van der Waals surface area (Å²) >= 11 is 0. The van der Waals surface area contributed by atoms with E-state index in [4.69, 9.17) is 4.42 Å². The first-order valence-electron chi connectivity index (χ1n) is 7.54. The molecule has 1 aliphatic carbocycles. The number of fused-ring (bicyclic) bond motifs is 1. The van der Waals surface area contributed by atoms with E-state index >= 15 is 0 Å². The van der Waals surface area contributed by atoms with Crippen molar-refractivity contribution < 1.29 is 4.42 Å². The van der Waals surface area contributed by atoms with Crippen molar-refractivity contribution >= 4 is 11.0 Å². The highest BCUT2D eigenvalue weighted by molar-refractivity contribution is 5.77. The summed E-state index contributed by atoms with van der Waals surface area (Å²) in [5, 5.41) is 4.83. The Hall–Kier alpha value is -1.28. The lowest BCUT2D eigenvalue weighted by molar-refractivity contribution is 0.276. The summed E-state index contributed by atoms with van der Waals surface area (Å²) in [5.41, 5.74) is 0.990. The highest BCUT2D eigenvalue weighted by atomic mass is 16.3. The van der Waals surface area contributed by atoms with Crippen molar-refractivity contribution in [1.29, 1.82) is 0 Å². The van der Waals surface area contributed by atoms with Gasteiger partial charge in [0.15, 0.2) is 0 Å². The summed E-state index contributed by atoms with van der Waals surface area (Å²) in [7, 11) is 0. The molecule has 0 saturated heterocycles. The average Bonchev–Trinajstić information content (AvgIpc) is 2.88. The van der Waals surface area contributed by atoms with E-state index in [1.54, 1.807) is 0 Å². The summed E-state index contributed by atoms with van der Waals surface area (Å²) in [6.07, 6.45) is 7.00. The molecule has 3 rings (SSSR count). The molecule has 1 aliphatic rings. The maximum atomic E-state index is 5.84. The Labute approximate surface area is 115 Å². The lowest BCUT2D eigenvalue weighted by Crippen LogP contribution is -2.34. The first kappa shape index (κ1) is 12.7. The molecule has 0 bridgehead atoms. The van der Waals surface area contributed by atoms with E-state index in [9.17, 15) is 0 Å². The molecule has 1 aromatic heterocycles. The van der Waals surface area contributed by atoms with E-state index in [0.29, 0.717) is 6.04 Å². The second kappa shape index (κ2) is 5.79. The highest BCUT2D eigenvalue weighted by Crippen LogP contribution is 2.26. The molecule has 1 N–H and O–H groups in total. The van der Waals surface area contributed by atoms with E-state index in [-0.39, 0.29) is 0 Å². The van der Waals surface area contributed by atoms with Gasteiger partial charge in [0.1, 0.15) is 11.3 Å². The number of nitrogens with one attached hydrogen (secondary N) is 1. The second-order valence-corrected chi connectivity index (χ2v) is 5.82. The molecule has 1 unspecified atom stereocenters. The van der Waals surface area contributed by atoms with Gasteiger partial charge in [0, 0.05) is 11.4 Å². The van der Waals surface area contributed by atoms with Gasteiger partial charge >= 0.3 is 0 Å². The third-order valence-electron chi connectivity index (χ3n) is 4.43. The van der Waals surface area contributed by atoms with Gasteiger partial charge in [0.2, 0.25) is 0 Å². The van der Waals surface area contributed by atoms with Crippen LogP contribution in [0.2, 0.25) is 0 Å². The quantitative estimate of drug-likeness (QED) is 0.873. The zero-order chi connectivity index (χ0) is 13.1. The largest absolute Gasteiger partial charge is 0.460 e. The molecule has 1 fully saturated rings. The number of hydrogen-bond donors (Lipinski definition) is 1. The summed E-state index contributed by atoms with van der Waals surface area (Å²) in [5.74, 6) is 1.89. The van der Waals surface area contributed by atoms with Gasteiger partial charge < -0.3 is 9.73 Å². The van der Waals surface area contributed by atoms with E-state index in [1.165, 1.54) is 37.5 Å². The van der Waals surface area contributed by atoms with Crippen molar-refractivity contribution in [3.05, 3.63) is 36.1 Å². The molecule has 0 aliphatic heterocycles. The molecular formula is C17H23NO. The molecule has 1 heterocycles. The van der Waals surface area contributed by atoms with Gasteiger partial charge in [0.25, 0.3) is 0 Å². The highest BCUT2D eigenvalue weighted by Gasteiger charge is 2.19. The van der Waals surface area contributed by atoms with E-state index in [2.05, 4.69) is 30.4 Å². The molecule has 19 heavy (non-hydrogen) atoms.